The van der Waals surface area contributed by atoms with E-state index >= 15 is 0 Å². The van der Waals surface area contributed by atoms with Crippen LogP contribution < -0.4 is 0 Å². The van der Waals surface area contributed by atoms with Crippen LogP contribution in [0, 0.1) is 0 Å². The smallest absolute Gasteiger partial charge is 0.140 e. The molecule has 1 aromatic carbocycles. The number of nitrogens with zero attached hydrogens (tertiary/aromatic N) is 3. The van der Waals surface area contributed by atoms with Gasteiger partial charge < -0.3 is 4.40 Å². The molecule has 3 nitrogen and oxygen atoms in total. The molecule has 0 saturated carbocycles. The average Bonchev–Trinajstić information content (AvgIpc) is 2.97. The summed E-state index contributed by atoms with van der Waals surface area (Å²) in [7, 11) is 0. The molecule has 0 amide bonds. The van der Waals surface area contributed by atoms with Crippen LogP contribution in [0.2, 0.25) is 0 Å². The van der Waals surface area contributed by atoms with Crippen LogP contribution in [0.4, 0.5) is 0 Å². The van der Waals surface area contributed by atoms with Crippen LogP contribution in [0.15, 0.2) is 55.0 Å². The Morgan fingerprint density at radius 1 is 1.05 bits per heavy atom. The predicted octanol–water partition coefficient (Wildman–Crippen LogP) is 2.89. The molecule has 0 saturated heterocycles. The second-order valence-corrected chi connectivity index (χ2v) is 5.42. The van der Waals surface area contributed by atoms with Crippen molar-refractivity contribution in [2.45, 2.75) is 19.5 Å². The van der Waals surface area contributed by atoms with Crippen molar-refractivity contribution < 1.29 is 0 Å². The van der Waals surface area contributed by atoms with E-state index in [0.717, 1.165) is 31.7 Å². The van der Waals surface area contributed by atoms with Crippen LogP contribution in [-0.4, -0.2) is 20.8 Å². The maximum absolute atomic E-state index is 4.49. The molecule has 0 radical (unpaired) electrons. The lowest BCUT2D eigenvalue weighted by Crippen LogP contribution is -2.30. The summed E-state index contributed by atoms with van der Waals surface area (Å²) in [6.45, 7) is 3.15. The average molecular weight is 263 g/mol. The second kappa shape index (κ2) is 4.76. The third-order valence-corrected chi connectivity index (χ3v) is 4.08. The van der Waals surface area contributed by atoms with E-state index in [1.165, 1.54) is 16.7 Å². The summed E-state index contributed by atoms with van der Waals surface area (Å²) in [6, 6.07) is 12.9. The van der Waals surface area contributed by atoms with Gasteiger partial charge in [0, 0.05) is 43.8 Å². The van der Waals surface area contributed by atoms with Crippen molar-refractivity contribution in [2.24, 2.45) is 0 Å². The Bertz CT molecular complexity index is 730. The molecular formula is C17H17N3. The first-order chi connectivity index (χ1) is 9.90. The molecule has 100 valence electrons. The molecule has 0 spiro atoms. The molecule has 3 heteroatoms. The van der Waals surface area contributed by atoms with Gasteiger partial charge in [0.1, 0.15) is 5.65 Å². The van der Waals surface area contributed by atoms with E-state index in [0.29, 0.717) is 0 Å². The van der Waals surface area contributed by atoms with Crippen LogP contribution in [0.5, 0.6) is 0 Å². The third kappa shape index (κ3) is 2.00. The summed E-state index contributed by atoms with van der Waals surface area (Å²) in [5, 5.41) is 0. The SMILES string of the molecule is c1ccc(CN2CCc3c(ccn4ccnc34)C2)cc1. The number of hydrogen-bond acceptors (Lipinski definition) is 2. The third-order valence-electron chi connectivity index (χ3n) is 4.08. The lowest BCUT2D eigenvalue weighted by Gasteiger charge is -2.29. The molecule has 3 heterocycles. The van der Waals surface area contributed by atoms with Crippen LogP contribution >= 0.6 is 0 Å². The maximum atomic E-state index is 4.49. The van der Waals surface area contributed by atoms with Gasteiger partial charge in [0.15, 0.2) is 0 Å². The van der Waals surface area contributed by atoms with Gasteiger partial charge in [-0.1, -0.05) is 30.3 Å². The molecule has 0 bridgehead atoms. The van der Waals surface area contributed by atoms with Gasteiger partial charge in [0.05, 0.1) is 0 Å². The molecule has 0 aliphatic carbocycles. The van der Waals surface area contributed by atoms with Crippen molar-refractivity contribution in [3.05, 3.63) is 71.7 Å². The first-order valence-electron chi connectivity index (χ1n) is 7.10. The number of benzene rings is 1. The Labute approximate surface area is 118 Å². The van der Waals surface area contributed by atoms with Crippen molar-refractivity contribution in [3.63, 3.8) is 0 Å². The molecule has 20 heavy (non-hydrogen) atoms. The lowest BCUT2D eigenvalue weighted by atomic mass is 10.0. The quantitative estimate of drug-likeness (QED) is 0.708. The standard InChI is InChI=1S/C17H17N3/c1-2-4-14(5-3-1)12-19-9-7-16-15(13-19)6-10-20-11-8-18-17(16)20/h1-6,8,10-11H,7,9,12-13H2. The topological polar surface area (TPSA) is 20.5 Å². The summed E-state index contributed by atoms with van der Waals surface area (Å²) < 4.78 is 2.12. The number of pyridine rings is 1. The summed E-state index contributed by atoms with van der Waals surface area (Å²) in [4.78, 5) is 7.00. The number of fused-ring (bicyclic) bond motifs is 3. The monoisotopic (exact) mass is 263 g/mol. The first kappa shape index (κ1) is 11.7. The fraction of sp³-hybridized carbons (Fsp3) is 0.235. The summed E-state index contributed by atoms with van der Waals surface area (Å²) in [5.41, 5.74) is 5.35. The van der Waals surface area contributed by atoms with E-state index in [2.05, 4.69) is 56.9 Å². The van der Waals surface area contributed by atoms with Gasteiger partial charge in [-0.3, -0.25) is 4.90 Å². The molecule has 1 aliphatic rings. The highest BCUT2D eigenvalue weighted by Gasteiger charge is 2.19. The number of imidazole rings is 1. The fourth-order valence-electron chi connectivity index (χ4n) is 3.07. The second-order valence-electron chi connectivity index (χ2n) is 5.42. The molecule has 0 unspecified atom stereocenters. The minimum Gasteiger partial charge on any atom is -0.307 e. The van der Waals surface area contributed by atoms with Crippen LogP contribution in [0.3, 0.4) is 0 Å². The van der Waals surface area contributed by atoms with E-state index in [1.807, 2.05) is 12.4 Å². The van der Waals surface area contributed by atoms with E-state index in [9.17, 15) is 0 Å². The van der Waals surface area contributed by atoms with Crippen molar-refractivity contribution in [1.29, 1.82) is 0 Å². The molecule has 1 aliphatic heterocycles. The summed E-state index contributed by atoms with van der Waals surface area (Å²) >= 11 is 0. The largest absolute Gasteiger partial charge is 0.307 e. The minimum atomic E-state index is 1.02. The summed E-state index contributed by atoms with van der Waals surface area (Å²) in [6.07, 6.45) is 7.11. The zero-order valence-corrected chi connectivity index (χ0v) is 11.4. The zero-order valence-electron chi connectivity index (χ0n) is 11.4. The molecule has 3 aromatic rings. The van der Waals surface area contributed by atoms with Crippen LogP contribution in [0.25, 0.3) is 5.65 Å². The molecular weight excluding hydrogens is 246 g/mol. The van der Waals surface area contributed by atoms with Crippen LogP contribution in [0.1, 0.15) is 16.7 Å². The van der Waals surface area contributed by atoms with Gasteiger partial charge in [-0.25, -0.2) is 4.98 Å². The Balaban J connectivity index is 1.60. The van der Waals surface area contributed by atoms with E-state index in [1.54, 1.807) is 0 Å². The molecule has 0 N–H and O–H groups in total. The van der Waals surface area contributed by atoms with Gasteiger partial charge >= 0.3 is 0 Å². The van der Waals surface area contributed by atoms with Gasteiger partial charge in [-0.2, -0.15) is 0 Å². The van der Waals surface area contributed by atoms with Crippen molar-refractivity contribution in [1.82, 2.24) is 14.3 Å². The van der Waals surface area contributed by atoms with E-state index in [4.69, 9.17) is 0 Å². The van der Waals surface area contributed by atoms with E-state index in [-0.39, 0.29) is 0 Å². The fourth-order valence-corrected chi connectivity index (χ4v) is 3.07. The number of hydrogen-bond donors (Lipinski definition) is 0. The normalized spacial score (nSPS) is 15.4. The number of aromatic nitrogens is 2. The van der Waals surface area contributed by atoms with Gasteiger partial charge in [0.2, 0.25) is 0 Å². The van der Waals surface area contributed by atoms with Crippen molar-refractivity contribution >= 4 is 5.65 Å². The van der Waals surface area contributed by atoms with E-state index < -0.39 is 0 Å². The highest BCUT2D eigenvalue weighted by atomic mass is 15.1. The number of rotatable bonds is 2. The molecule has 0 atom stereocenters. The Morgan fingerprint density at radius 3 is 2.85 bits per heavy atom. The van der Waals surface area contributed by atoms with Gasteiger partial charge in [0.25, 0.3) is 0 Å². The Morgan fingerprint density at radius 2 is 1.95 bits per heavy atom. The zero-order chi connectivity index (χ0) is 13.4. The molecule has 4 rings (SSSR count). The predicted molar refractivity (Wildman–Crippen MR) is 79.5 cm³/mol. The highest BCUT2D eigenvalue weighted by Crippen LogP contribution is 2.23. The highest BCUT2D eigenvalue weighted by molar-refractivity contribution is 5.52. The molecule has 0 fully saturated rings. The minimum absolute atomic E-state index is 1.02. The van der Waals surface area contributed by atoms with Crippen molar-refractivity contribution in [3.8, 4) is 0 Å². The maximum Gasteiger partial charge on any atom is 0.140 e. The Kier molecular flexibility index (Phi) is 2.78. The first-order valence-corrected chi connectivity index (χ1v) is 7.10. The summed E-state index contributed by atoms with van der Waals surface area (Å²) in [5.74, 6) is 0. The van der Waals surface area contributed by atoms with Gasteiger partial charge in [-0.05, 0) is 23.6 Å². The molecule has 2 aromatic heterocycles. The Hall–Kier alpha value is -2.13. The lowest BCUT2D eigenvalue weighted by molar-refractivity contribution is 0.246. The van der Waals surface area contributed by atoms with Crippen LogP contribution in [-0.2, 0) is 19.5 Å². The van der Waals surface area contributed by atoms with Gasteiger partial charge in [-0.15, -0.1) is 0 Å². The van der Waals surface area contributed by atoms with Crippen molar-refractivity contribution in [2.75, 3.05) is 6.54 Å².